The zero-order chi connectivity index (χ0) is 27.9. The van der Waals surface area contributed by atoms with Gasteiger partial charge in [-0.15, -0.1) is 0 Å². The van der Waals surface area contributed by atoms with Crippen molar-refractivity contribution >= 4 is 17.5 Å². The van der Waals surface area contributed by atoms with E-state index in [1.54, 1.807) is 23.1 Å². The van der Waals surface area contributed by atoms with E-state index >= 15 is 0 Å². The van der Waals surface area contributed by atoms with Gasteiger partial charge >= 0.3 is 12.2 Å². The number of hydrogen-bond acceptors (Lipinski definition) is 2. The van der Waals surface area contributed by atoms with Crippen molar-refractivity contribution in [2.75, 3.05) is 13.1 Å². The maximum absolute atomic E-state index is 13.6. The number of urea groups is 1. The summed E-state index contributed by atoms with van der Waals surface area (Å²) in [7, 11) is 0. The first kappa shape index (κ1) is 27.0. The highest BCUT2D eigenvalue weighted by Crippen LogP contribution is 2.44. The fourth-order valence-corrected chi connectivity index (χ4v) is 5.69. The minimum absolute atomic E-state index is 0.0504. The predicted octanol–water partition coefficient (Wildman–Crippen LogP) is 6.15. The maximum Gasteiger partial charge on any atom is 0.416 e. The minimum Gasteiger partial charge on any atom is -0.352 e. The van der Waals surface area contributed by atoms with Crippen LogP contribution < -0.4 is 10.6 Å². The SMILES string of the molecule is CC(C)(C)NC(=O)N1CCC2=C(c3cccc(C(F)(F)F)c3)C=CC(C(=O)N[C@@H]3C[C@H]3c3ccccc3)C2C1. The Morgan fingerprint density at radius 1 is 0.974 bits per heavy atom. The molecule has 3 amide bonds. The van der Waals surface area contributed by atoms with E-state index in [-0.39, 0.29) is 29.8 Å². The number of halogens is 3. The van der Waals surface area contributed by atoms with Crippen LogP contribution in [0.3, 0.4) is 0 Å². The lowest BCUT2D eigenvalue weighted by molar-refractivity contribution is -0.137. The molecule has 0 bridgehead atoms. The molecule has 8 heteroatoms. The predicted molar refractivity (Wildman–Crippen MR) is 145 cm³/mol. The lowest BCUT2D eigenvalue weighted by atomic mass is 9.73. The van der Waals surface area contributed by atoms with Crippen molar-refractivity contribution in [3.05, 3.63) is 89.0 Å². The van der Waals surface area contributed by atoms with Crippen LogP contribution in [0.15, 0.2) is 72.3 Å². The van der Waals surface area contributed by atoms with Gasteiger partial charge in [0.1, 0.15) is 0 Å². The van der Waals surface area contributed by atoms with Crippen molar-refractivity contribution in [1.82, 2.24) is 15.5 Å². The van der Waals surface area contributed by atoms with Crippen molar-refractivity contribution in [3.8, 4) is 0 Å². The molecule has 4 atom stereocenters. The van der Waals surface area contributed by atoms with Crippen LogP contribution in [0.1, 0.15) is 56.2 Å². The van der Waals surface area contributed by atoms with Gasteiger partial charge in [-0.2, -0.15) is 13.2 Å². The number of nitrogens with one attached hydrogen (secondary N) is 2. The largest absolute Gasteiger partial charge is 0.416 e. The molecule has 2 unspecified atom stereocenters. The number of carbonyl (C=O) groups excluding carboxylic acids is 2. The van der Waals surface area contributed by atoms with E-state index in [2.05, 4.69) is 22.8 Å². The number of amides is 3. The third-order valence-corrected chi connectivity index (χ3v) is 7.68. The Bertz CT molecular complexity index is 1310. The van der Waals surface area contributed by atoms with E-state index in [0.29, 0.717) is 30.6 Å². The molecule has 0 radical (unpaired) electrons. The monoisotopic (exact) mass is 537 g/mol. The van der Waals surface area contributed by atoms with Gasteiger partial charge in [-0.25, -0.2) is 4.79 Å². The van der Waals surface area contributed by atoms with Crippen LogP contribution in [-0.4, -0.2) is 41.5 Å². The summed E-state index contributed by atoms with van der Waals surface area (Å²) in [6, 6.07) is 15.2. The molecule has 5 nitrogen and oxygen atoms in total. The Morgan fingerprint density at radius 2 is 1.72 bits per heavy atom. The normalized spacial score (nSPS) is 24.7. The standard InChI is InChI=1S/C31H34F3N3O2/c1-30(2,3)36-29(39)37-15-14-23-22(20-10-7-11-21(16-20)31(32,33)34)12-13-24(26(23)18-37)28(38)35-27-17-25(27)19-8-5-4-6-9-19/h4-13,16,24-27H,14-15,17-18H2,1-3H3,(H,35,38)(H,36,39)/t24?,25-,26?,27+/m0/s1. The third-order valence-electron chi connectivity index (χ3n) is 7.68. The molecular formula is C31H34F3N3O2. The fraction of sp³-hybridized carbons (Fsp3) is 0.419. The molecule has 3 aliphatic rings. The van der Waals surface area contributed by atoms with Gasteiger partial charge < -0.3 is 15.5 Å². The second kappa shape index (κ2) is 10.2. The molecule has 2 N–H and O–H groups in total. The maximum atomic E-state index is 13.6. The van der Waals surface area contributed by atoms with E-state index in [1.807, 2.05) is 39.0 Å². The van der Waals surface area contributed by atoms with Crippen molar-refractivity contribution in [2.24, 2.45) is 11.8 Å². The van der Waals surface area contributed by atoms with Crippen LogP contribution >= 0.6 is 0 Å². The van der Waals surface area contributed by atoms with Crippen LogP contribution in [0.5, 0.6) is 0 Å². The van der Waals surface area contributed by atoms with Crippen LogP contribution in [0.2, 0.25) is 0 Å². The average Bonchev–Trinajstić information content (AvgIpc) is 3.65. The topological polar surface area (TPSA) is 61.4 Å². The molecule has 1 saturated carbocycles. The summed E-state index contributed by atoms with van der Waals surface area (Å²) >= 11 is 0. The lowest BCUT2D eigenvalue weighted by Gasteiger charge is -2.41. The molecule has 1 saturated heterocycles. The molecule has 1 aliphatic heterocycles. The van der Waals surface area contributed by atoms with Gasteiger partial charge in [0, 0.05) is 36.5 Å². The van der Waals surface area contributed by atoms with Crippen LogP contribution in [-0.2, 0) is 11.0 Å². The van der Waals surface area contributed by atoms with Gasteiger partial charge in [0.2, 0.25) is 5.91 Å². The first-order valence-corrected chi connectivity index (χ1v) is 13.4. The molecule has 2 fully saturated rings. The van der Waals surface area contributed by atoms with Crippen molar-refractivity contribution in [1.29, 1.82) is 0 Å². The van der Waals surface area contributed by atoms with E-state index in [0.717, 1.165) is 24.1 Å². The highest BCUT2D eigenvalue weighted by Gasteiger charge is 2.44. The van der Waals surface area contributed by atoms with E-state index < -0.39 is 23.2 Å². The second-order valence-electron chi connectivity index (χ2n) is 11.8. The number of benzene rings is 2. The van der Waals surface area contributed by atoms with Crippen LogP contribution in [0, 0.1) is 11.8 Å². The first-order chi connectivity index (χ1) is 18.4. The van der Waals surface area contributed by atoms with Crippen molar-refractivity contribution in [2.45, 2.75) is 57.3 Å². The van der Waals surface area contributed by atoms with Crippen molar-refractivity contribution < 1.29 is 22.8 Å². The third kappa shape index (κ3) is 6.05. The summed E-state index contributed by atoms with van der Waals surface area (Å²) < 4.78 is 40.4. The zero-order valence-corrected chi connectivity index (χ0v) is 22.4. The molecule has 1 heterocycles. The molecule has 5 rings (SSSR count). The summed E-state index contributed by atoms with van der Waals surface area (Å²) in [6.07, 6.45) is 0.491. The van der Waals surface area contributed by atoms with Crippen LogP contribution in [0.25, 0.3) is 5.57 Å². The molecule has 206 valence electrons. The zero-order valence-electron chi connectivity index (χ0n) is 22.4. The number of alkyl halides is 3. The van der Waals surface area contributed by atoms with Crippen molar-refractivity contribution in [3.63, 3.8) is 0 Å². The van der Waals surface area contributed by atoms with Crippen LogP contribution in [0.4, 0.5) is 18.0 Å². The number of carbonyl (C=O) groups is 2. The number of hydrogen-bond donors (Lipinski definition) is 2. The molecule has 2 aromatic rings. The number of piperidine rings is 1. The summed E-state index contributed by atoms with van der Waals surface area (Å²) in [4.78, 5) is 28.3. The van der Waals surface area contributed by atoms with E-state index in [4.69, 9.17) is 0 Å². The van der Waals surface area contributed by atoms with Gasteiger partial charge in [-0.3, -0.25) is 4.79 Å². The molecule has 39 heavy (non-hydrogen) atoms. The van der Waals surface area contributed by atoms with Gasteiger partial charge in [0.15, 0.2) is 0 Å². The summed E-state index contributed by atoms with van der Waals surface area (Å²) in [5, 5.41) is 6.18. The Labute approximate surface area is 227 Å². The van der Waals surface area contributed by atoms with Gasteiger partial charge in [-0.1, -0.05) is 60.2 Å². The highest BCUT2D eigenvalue weighted by atomic mass is 19.4. The molecule has 0 spiro atoms. The minimum atomic E-state index is -4.45. The number of allylic oxidation sites excluding steroid dienone is 2. The van der Waals surface area contributed by atoms with E-state index in [9.17, 15) is 22.8 Å². The Kier molecular flexibility index (Phi) is 7.08. The number of rotatable bonds is 4. The number of fused-ring (bicyclic) bond motifs is 1. The van der Waals surface area contributed by atoms with Gasteiger partial charge in [0.05, 0.1) is 11.5 Å². The van der Waals surface area contributed by atoms with E-state index in [1.165, 1.54) is 11.6 Å². The smallest absolute Gasteiger partial charge is 0.352 e. The Morgan fingerprint density at radius 3 is 2.41 bits per heavy atom. The highest BCUT2D eigenvalue weighted by molar-refractivity contribution is 5.88. The first-order valence-electron chi connectivity index (χ1n) is 13.4. The summed E-state index contributed by atoms with van der Waals surface area (Å²) in [5.74, 6) is -0.679. The lowest BCUT2D eigenvalue weighted by Crippen LogP contribution is -2.53. The second-order valence-corrected chi connectivity index (χ2v) is 11.8. The van der Waals surface area contributed by atoms with Gasteiger partial charge in [-0.05, 0) is 62.4 Å². The molecule has 0 aromatic heterocycles. The molecular weight excluding hydrogens is 503 g/mol. The average molecular weight is 538 g/mol. The number of likely N-dealkylation sites (tertiary alicyclic amines) is 1. The molecule has 2 aliphatic carbocycles. The number of nitrogens with zero attached hydrogens (tertiary/aromatic N) is 1. The molecule has 2 aromatic carbocycles. The Hall–Kier alpha value is -3.55. The van der Waals surface area contributed by atoms with Gasteiger partial charge in [0.25, 0.3) is 0 Å². The fourth-order valence-electron chi connectivity index (χ4n) is 5.69. The quantitative estimate of drug-likeness (QED) is 0.492. The summed E-state index contributed by atoms with van der Waals surface area (Å²) in [5.41, 5.74) is 2.17. The Balaban J connectivity index is 1.41. The summed E-state index contributed by atoms with van der Waals surface area (Å²) in [6.45, 7) is 6.46.